The van der Waals surface area contributed by atoms with Crippen LogP contribution in [0.4, 0.5) is 0 Å². The van der Waals surface area contributed by atoms with Crippen LogP contribution in [0.5, 0.6) is 0 Å². The van der Waals surface area contributed by atoms with Crippen molar-refractivity contribution in [3.8, 4) is 6.07 Å². The van der Waals surface area contributed by atoms with Gasteiger partial charge in [-0.1, -0.05) is 6.07 Å². The second kappa shape index (κ2) is 4.58. The number of hydrogen-bond donors (Lipinski definition) is 2. The summed E-state index contributed by atoms with van der Waals surface area (Å²) in [7, 11) is 0. The van der Waals surface area contributed by atoms with Crippen LogP contribution in [0.25, 0.3) is 0 Å². The van der Waals surface area contributed by atoms with Gasteiger partial charge in [-0.3, -0.25) is 4.79 Å². The van der Waals surface area contributed by atoms with Gasteiger partial charge in [0.05, 0.1) is 24.7 Å². The predicted molar refractivity (Wildman–Crippen MR) is 53.2 cm³/mol. The van der Waals surface area contributed by atoms with Gasteiger partial charge in [0.25, 0.3) is 0 Å². The second-order valence-electron chi connectivity index (χ2n) is 3.28. The number of aliphatic hydroxyl groups is 1. The van der Waals surface area contributed by atoms with E-state index < -0.39 is 5.97 Å². The summed E-state index contributed by atoms with van der Waals surface area (Å²) in [5, 5.41) is 26.4. The third-order valence-electron chi connectivity index (χ3n) is 2.19. The van der Waals surface area contributed by atoms with Gasteiger partial charge < -0.3 is 10.2 Å². The van der Waals surface area contributed by atoms with E-state index in [0.717, 1.165) is 5.56 Å². The Morgan fingerprint density at radius 3 is 2.60 bits per heavy atom. The molecular weight excluding hydrogens is 194 g/mol. The van der Waals surface area contributed by atoms with Crippen molar-refractivity contribution in [3.63, 3.8) is 0 Å². The normalized spacial score (nSPS) is 9.67. The zero-order chi connectivity index (χ0) is 11.4. The Kier molecular flexibility index (Phi) is 3.42. The van der Waals surface area contributed by atoms with Crippen molar-refractivity contribution in [2.75, 3.05) is 0 Å². The Labute approximate surface area is 87.4 Å². The van der Waals surface area contributed by atoms with E-state index in [2.05, 4.69) is 0 Å². The maximum absolute atomic E-state index is 10.5. The monoisotopic (exact) mass is 205 g/mol. The van der Waals surface area contributed by atoms with Crippen LogP contribution in [0, 0.1) is 18.3 Å². The fraction of sp³-hybridized carbons (Fsp3) is 0.273. The van der Waals surface area contributed by atoms with E-state index in [1.165, 1.54) is 6.07 Å². The molecule has 4 nitrogen and oxygen atoms in total. The maximum atomic E-state index is 10.5. The van der Waals surface area contributed by atoms with Gasteiger partial charge in [-0.15, -0.1) is 0 Å². The Balaban J connectivity index is 3.22. The Bertz CT molecular complexity index is 432. The molecule has 0 amide bonds. The summed E-state index contributed by atoms with van der Waals surface area (Å²) < 4.78 is 0. The molecule has 15 heavy (non-hydrogen) atoms. The van der Waals surface area contributed by atoms with Crippen molar-refractivity contribution in [1.29, 1.82) is 5.26 Å². The summed E-state index contributed by atoms with van der Waals surface area (Å²) in [6, 6.07) is 5.10. The molecule has 0 aliphatic heterocycles. The number of benzene rings is 1. The number of nitrogens with zero attached hydrogens (tertiary/aromatic N) is 1. The number of nitriles is 1. The number of carboxylic acid groups (broad SMARTS) is 1. The van der Waals surface area contributed by atoms with Gasteiger partial charge in [0.15, 0.2) is 0 Å². The molecule has 0 saturated carbocycles. The van der Waals surface area contributed by atoms with Gasteiger partial charge in [0, 0.05) is 0 Å². The largest absolute Gasteiger partial charge is 0.481 e. The van der Waals surface area contributed by atoms with Crippen molar-refractivity contribution in [2.24, 2.45) is 0 Å². The molecule has 0 spiro atoms. The molecule has 0 aromatic heterocycles. The van der Waals surface area contributed by atoms with Crippen LogP contribution in [-0.4, -0.2) is 16.2 Å². The molecule has 0 atom stereocenters. The molecule has 1 aromatic carbocycles. The third kappa shape index (κ3) is 2.55. The summed E-state index contributed by atoms with van der Waals surface area (Å²) in [5.41, 5.74) is 2.25. The zero-order valence-electron chi connectivity index (χ0n) is 8.32. The molecule has 0 heterocycles. The number of aryl methyl sites for hydroxylation is 1. The molecule has 4 heteroatoms. The topological polar surface area (TPSA) is 81.3 Å². The van der Waals surface area contributed by atoms with Gasteiger partial charge in [-0.2, -0.15) is 5.26 Å². The number of hydrogen-bond acceptors (Lipinski definition) is 3. The average molecular weight is 205 g/mol. The molecule has 0 radical (unpaired) electrons. The number of carboxylic acids is 1. The van der Waals surface area contributed by atoms with Crippen LogP contribution in [0.2, 0.25) is 0 Å². The first-order valence-corrected chi connectivity index (χ1v) is 4.43. The molecule has 1 aromatic rings. The van der Waals surface area contributed by atoms with E-state index in [4.69, 9.17) is 15.5 Å². The van der Waals surface area contributed by atoms with Gasteiger partial charge in [-0.05, 0) is 29.7 Å². The van der Waals surface area contributed by atoms with Crippen LogP contribution in [0.3, 0.4) is 0 Å². The fourth-order valence-corrected chi connectivity index (χ4v) is 1.40. The van der Waals surface area contributed by atoms with E-state index in [9.17, 15) is 4.79 Å². The van der Waals surface area contributed by atoms with E-state index in [1.807, 2.05) is 6.07 Å². The molecule has 2 N–H and O–H groups in total. The molecule has 0 aliphatic carbocycles. The van der Waals surface area contributed by atoms with E-state index >= 15 is 0 Å². The first-order valence-electron chi connectivity index (χ1n) is 4.43. The van der Waals surface area contributed by atoms with Gasteiger partial charge in [0.2, 0.25) is 0 Å². The highest BCUT2D eigenvalue weighted by Crippen LogP contribution is 2.16. The zero-order valence-corrected chi connectivity index (χ0v) is 8.32. The van der Waals surface area contributed by atoms with Crippen molar-refractivity contribution in [3.05, 3.63) is 34.4 Å². The Morgan fingerprint density at radius 2 is 2.13 bits per heavy atom. The first kappa shape index (κ1) is 11.2. The van der Waals surface area contributed by atoms with Crippen LogP contribution in [0.1, 0.15) is 22.3 Å². The molecule has 0 aliphatic rings. The van der Waals surface area contributed by atoms with Crippen molar-refractivity contribution >= 4 is 5.97 Å². The van der Waals surface area contributed by atoms with Crippen LogP contribution in [0.15, 0.2) is 12.1 Å². The van der Waals surface area contributed by atoms with Crippen molar-refractivity contribution < 1.29 is 15.0 Å². The van der Waals surface area contributed by atoms with Gasteiger partial charge in [-0.25, -0.2) is 0 Å². The summed E-state index contributed by atoms with van der Waals surface area (Å²) >= 11 is 0. The second-order valence-corrected chi connectivity index (χ2v) is 3.28. The summed E-state index contributed by atoms with van der Waals surface area (Å²) in [6.45, 7) is 1.63. The lowest BCUT2D eigenvalue weighted by Crippen LogP contribution is -2.04. The highest BCUT2D eigenvalue weighted by atomic mass is 16.4. The fourth-order valence-electron chi connectivity index (χ4n) is 1.40. The minimum atomic E-state index is -0.970. The molecular formula is C11H11NO3. The SMILES string of the molecule is Cc1cc(CC(=O)O)c(C#N)cc1CO. The first-order chi connectivity index (χ1) is 7.08. The lowest BCUT2D eigenvalue weighted by atomic mass is 9.98. The van der Waals surface area contributed by atoms with Gasteiger partial charge in [0.1, 0.15) is 0 Å². The molecule has 0 saturated heterocycles. The van der Waals surface area contributed by atoms with E-state index in [0.29, 0.717) is 16.7 Å². The van der Waals surface area contributed by atoms with Gasteiger partial charge >= 0.3 is 5.97 Å². The summed E-state index contributed by atoms with van der Waals surface area (Å²) in [6.07, 6.45) is -0.171. The predicted octanol–water partition coefficient (Wildman–Crippen LogP) is 0.986. The van der Waals surface area contributed by atoms with Crippen LogP contribution < -0.4 is 0 Å². The maximum Gasteiger partial charge on any atom is 0.307 e. The van der Waals surface area contributed by atoms with Crippen molar-refractivity contribution in [1.82, 2.24) is 0 Å². The number of rotatable bonds is 3. The molecule has 1 rings (SSSR count). The standard InChI is InChI=1S/C11H11NO3/c1-7-2-8(4-11(14)15)9(5-12)3-10(7)6-13/h2-3,13H,4,6H2,1H3,(H,14,15). The minimum Gasteiger partial charge on any atom is -0.481 e. The molecule has 0 fully saturated rings. The molecule has 0 bridgehead atoms. The average Bonchev–Trinajstić information content (AvgIpc) is 2.17. The van der Waals surface area contributed by atoms with Crippen LogP contribution in [-0.2, 0) is 17.8 Å². The smallest absolute Gasteiger partial charge is 0.307 e. The Hall–Kier alpha value is -1.86. The number of carbonyl (C=O) groups is 1. The number of aliphatic hydroxyl groups excluding tert-OH is 1. The molecule has 78 valence electrons. The lowest BCUT2D eigenvalue weighted by molar-refractivity contribution is -0.136. The molecule has 0 unspecified atom stereocenters. The lowest BCUT2D eigenvalue weighted by Gasteiger charge is -2.07. The summed E-state index contributed by atoms with van der Waals surface area (Å²) in [4.78, 5) is 10.5. The highest BCUT2D eigenvalue weighted by Gasteiger charge is 2.09. The Morgan fingerprint density at radius 1 is 1.47 bits per heavy atom. The van der Waals surface area contributed by atoms with E-state index in [1.54, 1.807) is 13.0 Å². The highest BCUT2D eigenvalue weighted by molar-refractivity contribution is 5.71. The quantitative estimate of drug-likeness (QED) is 0.770. The van der Waals surface area contributed by atoms with Crippen LogP contribution >= 0.6 is 0 Å². The third-order valence-corrected chi connectivity index (χ3v) is 2.19. The van der Waals surface area contributed by atoms with Crippen molar-refractivity contribution in [2.45, 2.75) is 20.0 Å². The number of aliphatic carboxylic acids is 1. The van der Waals surface area contributed by atoms with E-state index in [-0.39, 0.29) is 13.0 Å². The minimum absolute atomic E-state index is 0.145. The summed E-state index contributed by atoms with van der Waals surface area (Å²) in [5.74, 6) is -0.970.